The molecular weight excluding hydrogens is 436 g/mol. The van der Waals surface area contributed by atoms with E-state index in [0.717, 1.165) is 32.8 Å². The van der Waals surface area contributed by atoms with Gasteiger partial charge in [-0.2, -0.15) is 0 Å². The molecule has 0 saturated carbocycles. The number of ether oxygens (including phenoxy) is 3. The number of phenolic OH excluding ortho intramolecular Hbond substituents is 1. The summed E-state index contributed by atoms with van der Waals surface area (Å²) >= 11 is 5.99. The van der Waals surface area contributed by atoms with Gasteiger partial charge >= 0.3 is 5.97 Å². The van der Waals surface area contributed by atoms with Gasteiger partial charge < -0.3 is 19.3 Å². The van der Waals surface area contributed by atoms with Crippen LogP contribution in [0.4, 0.5) is 0 Å². The van der Waals surface area contributed by atoms with Crippen molar-refractivity contribution in [3.63, 3.8) is 0 Å². The third-order valence-corrected chi connectivity index (χ3v) is 5.31. The average molecular weight is 461 g/mol. The van der Waals surface area contributed by atoms with Crippen LogP contribution in [0.5, 0.6) is 11.5 Å². The molecule has 3 aromatic rings. The molecular formula is C22H25ClN4O5. The Morgan fingerprint density at radius 3 is 2.72 bits per heavy atom. The first kappa shape index (κ1) is 22.3. The number of esters is 1. The first-order chi connectivity index (χ1) is 15.6. The molecule has 1 aromatic heterocycles. The Hall–Kier alpha value is -2.88. The maximum atomic E-state index is 11.9. The molecule has 4 rings (SSSR count). The van der Waals surface area contributed by atoms with E-state index in [2.05, 4.69) is 15.1 Å². The van der Waals surface area contributed by atoms with Gasteiger partial charge in [-0.05, 0) is 36.8 Å². The van der Waals surface area contributed by atoms with Crippen LogP contribution < -0.4 is 4.74 Å². The normalized spacial score (nSPS) is 14.5. The minimum absolute atomic E-state index is 0.0172. The summed E-state index contributed by atoms with van der Waals surface area (Å²) in [6.07, 6.45) is 0.797. The number of rotatable bonds is 9. The van der Waals surface area contributed by atoms with Gasteiger partial charge in [0.25, 0.3) is 0 Å². The number of hydrogen-bond donors (Lipinski definition) is 1. The van der Waals surface area contributed by atoms with Crippen molar-refractivity contribution in [1.82, 2.24) is 19.9 Å². The van der Waals surface area contributed by atoms with E-state index in [4.69, 9.17) is 25.8 Å². The van der Waals surface area contributed by atoms with E-state index in [0.29, 0.717) is 47.1 Å². The molecule has 170 valence electrons. The van der Waals surface area contributed by atoms with Crippen molar-refractivity contribution in [3.8, 4) is 17.2 Å². The van der Waals surface area contributed by atoms with E-state index in [1.165, 1.54) is 10.9 Å². The maximum absolute atomic E-state index is 11.9. The highest BCUT2D eigenvalue weighted by atomic mass is 35.5. The molecule has 0 aliphatic carbocycles. The third kappa shape index (κ3) is 5.87. The van der Waals surface area contributed by atoms with E-state index in [1.807, 2.05) is 0 Å². The summed E-state index contributed by atoms with van der Waals surface area (Å²) in [5.41, 5.74) is 1.73. The summed E-state index contributed by atoms with van der Waals surface area (Å²) in [6, 6.07) is 10.1. The summed E-state index contributed by atoms with van der Waals surface area (Å²) < 4.78 is 16.2. The minimum atomic E-state index is -0.239. The van der Waals surface area contributed by atoms with Crippen LogP contribution in [0.15, 0.2) is 36.4 Å². The molecule has 1 aliphatic rings. The molecule has 1 saturated heterocycles. The number of benzene rings is 2. The van der Waals surface area contributed by atoms with Crippen LogP contribution >= 0.6 is 11.6 Å². The van der Waals surface area contributed by atoms with Crippen LogP contribution in [0.2, 0.25) is 5.02 Å². The molecule has 0 spiro atoms. The number of aromatic hydroxyl groups is 1. The van der Waals surface area contributed by atoms with Crippen molar-refractivity contribution in [3.05, 3.63) is 41.4 Å². The molecule has 10 heteroatoms. The Morgan fingerprint density at radius 2 is 1.91 bits per heavy atom. The first-order valence-corrected chi connectivity index (χ1v) is 10.9. The number of halogens is 1. The maximum Gasteiger partial charge on any atom is 0.305 e. The van der Waals surface area contributed by atoms with Crippen molar-refractivity contribution >= 4 is 28.6 Å². The molecule has 0 atom stereocenters. The van der Waals surface area contributed by atoms with Crippen LogP contribution in [0.1, 0.15) is 12.8 Å². The minimum Gasteiger partial charge on any atom is -0.505 e. The van der Waals surface area contributed by atoms with Gasteiger partial charge in [0.15, 0.2) is 0 Å². The number of fused-ring (bicyclic) bond motifs is 1. The van der Waals surface area contributed by atoms with E-state index in [9.17, 15) is 9.90 Å². The molecule has 32 heavy (non-hydrogen) atoms. The van der Waals surface area contributed by atoms with Crippen molar-refractivity contribution in [2.24, 2.45) is 0 Å². The second kappa shape index (κ2) is 10.6. The lowest BCUT2D eigenvalue weighted by molar-refractivity contribution is -0.144. The molecule has 0 unspecified atom stereocenters. The van der Waals surface area contributed by atoms with Crippen molar-refractivity contribution in [1.29, 1.82) is 0 Å². The van der Waals surface area contributed by atoms with Gasteiger partial charge in [-0.1, -0.05) is 11.6 Å². The second-order valence-electron chi connectivity index (χ2n) is 7.40. The molecule has 2 heterocycles. The Morgan fingerprint density at radius 1 is 1.09 bits per heavy atom. The number of phenols is 1. The lowest BCUT2D eigenvalue weighted by atomic mass is 10.3. The zero-order valence-corrected chi connectivity index (χ0v) is 18.3. The first-order valence-electron chi connectivity index (χ1n) is 10.5. The number of aromatic nitrogens is 3. The number of morpholine rings is 1. The highest BCUT2D eigenvalue weighted by Gasteiger charge is 2.12. The van der Waals surface area contributed by atoms with Crippen LogP contribution in [0.3, 0.4) is 0 Å². The topological polar surface area (TPSA) is 98.9 Å². The number of carbonyl (C=O) groups is 1. The van der Waals surface area contributed by atoms with Gasteiger partial charge in [0.2, 0.25) is 0 Å². The van der Waals surface area contributed by atoms with Gasteiger partial charge in [-0.3, -0.25) is 9.69 Å². The second-order valence-corrected chi connectivity index (χ2v) is 7.84. The molecule has 2 aromatic carbocycles. The van der Waals surface area contributed by atoms with Crippen LogP contribution in [-0.2, 0) is 14.3 Å². The average Bonchev–Trinajstić information content (AvgIpc) is 3.20. The highest BCUT2D eigenvalue weighted by molar-refractivity contribution is 6.31. The lowest BCUT2D eigenvalue weighted by Gasteiger charge is -2.26. The van der Waals surface area contributed by atoms with Gasteiger partial charge in [-0.15, -0.1) is 15.0 Å². The standard InChI is InChI=1S/C22H25ClN4O5/c23-16-3-5-18-19(14-16)25-27(24-18)20-6-4-17(15-21(20)28)31-10-1-2-22(29)32-13-9-26-7-11-30-12-8-26/h3-6,14-15,28H,1-2,7-13H2. The quantitative estimate of drug-likeness (QED) is 0.384. The van der Waals surface area contributed by atoms with Crippen LogP contribution in [-0.4, -0.2) is 77.0 Å². The van der Waals surface area contributed by atoms with Gasteiger partial charge in [0, 0.05) is 37.1 Å². The molecule has 0 radical (unpaired) electrons. The number of hydrogen-bond acceptors (Lipinski definition) is 8. The summed E-state index contributed by atoms with van der Waals surface area (Å²) in [5, 5.41) is 19.6. The highest BCUT2D eigenvalue weighted by Crippen LogP contribution is 2.27. The Bertz CT molecular complexity index is 1070. The summed E-state index contributed by atoms with van der Waals surface area (Å²) in [4.78, 5) is 15.4. The summed E-state index contributed by atoms with van der Waals surface area (Å²) in [5.74, 6) is 0.236. The van der Waals surface area contributed by atoms with Crippen molar-refractivity contribution < 1.29 is 24.1 Å². The molecule has 9 nitrogen and oxygen atoms in total. The Kier molecular flexibility index (Phi) is 7.41. The Labute approximate surface area is 190 Å². The Balaban J connectivity index is 1.21. The predicted molar refractivity (Wildman–Crippen MR) is 118 cm³/mol. The van der Waals surface area contributed by atoms with Gasteiger partial charge in [0.1, 0.15) is 34.8 Å². The molecule has 1 N–H and O–H groups in total. The van der Waals surface area contributed by atoms with Crippen molar-refractivity contribution in [2.45, 2.75) is 12.8 Å². The van der Waals surface area contributed by atoms with Crippen molar-refractivity contribution in [2.75, 3.05) is 46.1 Å². The van der Waals surface area contributed by atoms with E-state index >= 15 is 0 Å². The fourth-order valence-corrected chi connectivity index (χ4v) is 3.52. The molecule has 0 amide bonds. The largest absolute Gasteiger partial charge is 0.505 e. The molecule has 0 bridgehead atoms. The fraction of sp³-hybridized carbons (Fsp3) is 0.409. The van der Waals surface area contributed by atoms with E-state index < -0.39 is 0 Å². The van der Waals surface area contributed by atoms with Gasteiger partial charge in [0.05, 0.1) is 19.8 Å². The zero-order valence-electron chi connectivity index (χ0n) is 17.6. The predicted octanol–water partition coefficient (Wildman–Crippen LogP) is 2.81. The number of nitrogens with zero attached hydrogens (tertiary/aromatic N) is 4. The SMILES string of the molecule is O=C(CCCOc1ccc(-n2nc3ccc(Cl)cc3n2)c(O)c1)OCCN1CCOCC1. The van der Waals surface area contributed by atoms with Crippen LogP contribution in [0, 0.1) is 0 Å². The monoisotopic (exact) mass is 460 g/mol. The smallest absolute Gasteiger partial charge is 0.305 e. The molecule has 1 fully saturated rings. The lowest BCUT2D eigenvalue weighted by Crippen LogP contribution is -2.38. The number of carbonyl (C=O) groups excluding carboxylic acids is 1. The van der Waals surface area contributed by atoms with E-state index in [-0.39, 0.29) is 18.1 Å². The van der Waals surface area contributed by atoms with Crippen LogP contribution in [0.25, 0.3) is 16.7 Å². The third-order valence-electron chi connectivity index (χ3n) is 5.07. The summed E-state index contributed by atoms with van der Waals surface area (Å²) in [7, 11) is 0. The van der Waals surface area contributed by atoms with E-state index in [1.54, 1.807) is 30.3 Å². The zero-order chi connectivity index (χ0) is 22.3. The summed E-state index contributed by atoms with van der Waals surface area (Å²) in [6.45, 7) is 4.65. The fourth-order valence-electron chi connectivity index (χ4n) is 3.35. The molecule has 1 aliphatic heterocycles. The van der Waals surface area contributed by atoms with Gasteiger partial charge in [-0.25, -0.2) is 0 Å².